The van der Waals surface area contributed by atoms with Gasteiger partial charge in [0.05, 0.1) is 18.8 Å². The van der Waals surface area contributed by atoms with Gasteiger partial charge in [0.25, 0.3) is 0 Å². The van der Waals surface area contributed by atoms with Gasteiger partial charge in [0.1, 0.15) is 0 Å². The molecule has 0 bridgehead atoms. The zero-order valence-corrected chi connectivity index (χ0v) is 14.8. The lowest BCUT2D eigenvalue weighted by molar-refractivity contribution is -0.123. The van der Waals surface area contributed by atoms with Gasteiger partial charge in [0.15, 0.2) is 0 Å². The quantitative estimate of drug-likeness (QED) is 0.932. The first-order valence-electron chi connectivity index (χ1n) is 9.30. The van der Waals surface area contributed by atoms with Gasteiger partial charge in [-0.2, -0.15) is 5.10 Å². The number of nitrogens with one attached hydrogen (secondary N) is 1. The van der Waals surface area contributed by atoms with Gasteiger partial charge < -0.3 is 5.32 Å². The molecule has 1 amide bonds. The van der Waals surface area contributed by atoms with E-state index in [1.807, 2.05) is 17.9 Å². The Labute approximate surface area is 149 Å². The molecular formula is C20H26N4O. The second-order valence-electron chi connectivity index (χ2n) is 7.29. The first-order valence-corrected chi connectivity index (χ1v) is 9.30. The Morgan fingerprint density at radius 2 is 2.16 bits per heavy atom. The third-order valence-corrected chi connectivity index (χ3v) is 5.52. The summed E-state index contributed by atoms with van der Waals surface area (Å²) in [4.78, 5) is 15.0. The van der Waals surface area contributed by atoms with Crippen molar-refractivity contribution in [3.8, 4) is 0 Å². The fourth-order valence-corrected chi connectivity index (χ4v) is 4.33. The molecule has 1 aliphatic heterocycles. The van der Waals surface area contributed by atoms with Crippen LogP contribution < -0.4 is 5.32 Å². The molecular weight excluding hydrogens is 312 g/mol. The van der Waals surface area contributed by atoms with Gasteiger partial charge in [-0.25, -0.2) is 0 Å². The molecule has 2 aromatic rings. The topological polar surface area (TPSA) is 50.2 Å². The molecule has 5 nitrogen and oxygen atoms in total. The molecule has 1 saturated heterocycles. The standard InChI is InChI=1S/C20H26N4O/c1-23-13-16(12-21-23)19-10-5-11-24(19)14-20(25)22-18-9-4-7-15-6-2-3-8-17(15)18/h2-3,6,8,12-13,18-19H,4-5,7,9-11,14H2,1H3,(H,22,25). The fourth-order valence-electron chi connectivity index (χ4n) is 4.33. The van der Waals surface area contributed by atoms with Crippen molar-refractivity contribution in [1.82, 2.24) is 20.0 Å². The zero-order valence-electron chi connectivity index (χ0n) is 14.8. The minimum absolute atomic E-state index is 0.137. The number of benzene rings is 1. The molecule has 2 aliphatic rings. The Bertz CT molecular complexity index is 754. The molecule has 1 aliphatic carbocycles. The van der Waals surface area contributed by atoms with E-state index >= 15 is 0 Å². The van der Waals surface area contributed by atoms with Crippen LogP contribution in [-0.2, 0) is 18.3 Å². The maximum absolute atomic E-state index is 12.7. The van der Waals surface area contributed by atoms with E-state index in [2.05, 4.69) is 45.8 Å². The largest absolute Gasteiger partial charge is 0.348 e. The smallest absolute Gasteiger partial charge is 0.234 e. The predicted molar refractivity (Wildman–Crippen MR) is 97.0 cm³/mol. The van der Waals surface area contributed by atoms with Crippen LogP contribution in [0.3, 0.4) is 0 Å². The maximum atomic E-state index is 12.7. The van der Waals surface area contributed by atoms with E-state index in [4.69, 9.17) is 0 Å². The van der Waals surface area contributed by atoms with E-state index in [9.17, 15) is 4.79 Å². The van der Waals surface area contributed by atoms with E-state index < -0.39 is 0 Å². The molecule has 0 spiro atoms. The first-order chi connectivity index (χ1) is 12.2. The van der Waals surface area contributed by atoms with Crippen molar-refractivity contribution in [3.05, 3.63) is 53.3 Å². The highest BCUT2D eigenvalue weighted by atomic mass is 16.2. The molecule has 1 aromatic carbocycles. The number of nitrogens with zero attached hydrogens (tertiary/aromatic N) is 3. The Morgan fingerprint density at radius 1 is 1.28 bits per heavy atom. The summed E-state index contributed by atoms with van der Waals surface area (Å²) < 4.78 is 1.84. The summed E-state index contributed by atoms with van der Waals surface area (Å²) in [5, 5.41) is 7.56. The summed E-state index contributed by atoms with van der Waals surface area (Å²) in [5.41, 5.74) is 3.90. The minimum Gasteiger partial charge on any atom is -0.348 e. The van der Waals surface area contributed by atoms with Crippen molar-refractivity contribution < 1.29 is 4.79 Å². The SMILES string of the molecule is Cn1cc(C2CCCN2CC(=O)NC2CCCc3ccccc32)cn1. The summed E-state index contributed by atoms with van der Waals surface area (Å²) in [6.07, 6.45) is 9.54. The summed E-state index contributed by atoms with van der Waals surface area (Å²) in [7, 11) is 1.94. The van der Waals surface area contributed by atoms with Crippen molar-refractivity contribution in [2.45, 2.75) is 44.2 Å². The van der Waals surface area contributed by atoms with Gasteiger partial charge in [-0.3, -0.25) is 14.4 Å². The van der Waals surface area contributed by atoms with E-state index in [0.717, 1.165) is 38.6 Å². The second-order valence-corrected chi connectivity index (χ2v) is 7.29. The number of hydrogen-bond donors (Lipinski definition) is 1. The third kappa shape index (κ3) is 3.47. The van der Waals surface area contributed by atoms with E-state index in [1.54, 1.807) is 0 Å². The Balaban J connectivity index is 1.41. The molecule has 4 rings (SSSR count). The van der Waals surface area contributed by atoms with Crippen molar-refractivity contribution in [2.75, 3.05) is 13.1 Å². The van der Waals surface area contributed by atoms with Crippen molar-refractivity contribution >= 4 is 5.91 Å². The van der Waals surface area contributed by atoms with Gasteiger partial charge in [-0.15, -0.1) is 0 Å². The predicted octanol–water partition coefficient (Wildman–Crippen LogP) is 2.75. The lowest BCUT2D eigenvalue weighted by atomic mass is 9.88. The Morgan fingerprint density at radius 3 is 3.00 bits per heavy atom. The average molecular weight is 338 g/mol. The fraction of sp³-hybridized carbons (Fsp3) is 0.500. The number of fused-ring (bicyclic) bond motifs is 1. The van der Waals surface area contributed by atoms with Gasteiger partial charge in [0.2, 0.25) is 5.91 Å². The summed E-state index contributed by atoms with van der Waals surface area (Å²) in [5.74, 6) is 0.137. The Kier molecular flexibility index (Phi) is 4.57. The van der Waals surface area contributed by atoms with E-state index in [1.165, 1.54) is 16.7 Å². The van der Waals surface area contributed by atoms with Crippen LogP contribution in [0.25, 0.3) is 0 Å². The molecule has 0 radical (unpaired) electrons. The molecule has 1 fully saturated rings. The lowest BCUT2D eigenvalue weighted by Gasteiger charge is -2.28. The second kappa shape index (κ2) is 7.00. The minimum atomic E-state index is 0.137. The third-order valence-electron chi connectivity index (χ3n) is 5.52. The molecule has 2 unspecified atom stereocenters. The molecule has 132 valence electrons. The number of hydrogen-bond acceptors (Lipinski definition) is 3. The number of aryl methyl sites for hydroxylation is 2. The van der Waals surface area contributed by atoms with Gasteiger partial charge >= 0.3 is 0 Å². The molecule has 0 saturated carbocycles. The van der Waals surface area contributed by atoms with Gasteiger partial charge in [-0.1, -0.05) is 24.3 Å². The number of aromatic nitrogens is 2. The van der Waals surface area contributed by atoms with Crippen LogP contribution in [0.4, 0.5) is 0 Å². The van der Waals surface area contributed by atoms with Gasteiger partial charge in [-0.05, 0) is 49.8 Å². The highest BCUT2D eigenvalue weighted by Crippen LogP contribution is 2.32. The number of likely N-dealkylation sites (tertiary alicyclic amines) is 1. The van der Waals surface area contributed by atoms with Crippen molar-refractivity contribution in [2.24, 2.45) is 7.05 Å². The first kappa shape index (κ1) is 16.3. The van der Waals surface area contributed by atoms with Crippen LogP contribution in [0, 0.1) is 0 Å². The van der Waals surface area contributed by atoms with E-state index in [0.29, 0.717) is 12.6 Å². The number of carbonyl (C=O) groups excluding carboxylic acids is 1. The van der Waals surface area contributed by atoms with Crippen LogP contribution in [0.5, 0.6) is 0 Å². The van der Waals surface area contributed by atoms with Crippen LogP contribution in [0.2, 0.25) is 0 Å². The van der Waals surface area contributed by atoms with Gasteiger partial charge in [0, 0.05) is 24.8 Å². The van der Waals surface area contributed by atoms with Crippen molar-refractivity contribution in [1.29, 1.82) is 0 Å². The summed E-state index contributed by atoms with van der Waals surface area (Å²) in [6.45, 7) is 1.45. The molecule has 1 aromatic heterocycles. The van der Waals surface area contributed by atoms with Crippen LogP contribution in [0.1, 0.15) is 54.5 Å². The number of amides is 1. The van der Waals surface area contributed by atoms with Crippen LogP contribution >= 0.6 is 0 Å². The molecule has 2 atom stereocenters. The molecule has 25 heavy (non-hydrogen) atoms. The van der Waals surface area contributed by atoms with Crippen LogP contribution in [0.15, 0.2) is 36.7 Å². The summed E-state index contributed by atoms with van der Waals surface area (Å²) in [6, 6.07) is 8.99. The maximum Gasteiger partial charge on any atom is 0.234 e. The van der Waals surface area contributed by atoms with Crippen LogP contribution in [-0.4, -0.2) is 33.7 Å². The molecule has 2 heterocycles. The van der Waals surface area contributed by atoms with E-state index in [-0.39, 0.29) is 11.9 Å². The number of carbonyl (C=O) groups is 1. The zero-order chi connectivity index (χ0) is 17.2. The summed E-state index contributed by atoms with van der Waals surface area (Å²) >= 11 is 0. The number of rotatable bonds is 4. The normalized spacial score (nSPS) is 23.4. The van der Waals surface area contributed by atoms with Crippen molar-refractivity contribution in [3.63, 3.8) is 0 Å². The monoisotopic (exact) mass is 338 g/mol. The highest BCUT2D eigenvalue weighted by molar-refractivity contribution is 5.78. The average Bonchev–Trinajstić information content (AvgIpc) is 3.24. The molecule has 1 N–H and O–H groups in total. The Hall–Kier alpha value is -2.14. The highest BCUT2D eigenvalue weighted by Gasteiger charge is 2.29. The lowest BCUT2D eigenvalue weighted by Crippen LogP contribution is -2.39. The molecule has 5 heteroatoms.